The number of nitrogens with zero attached hydrogens (tertiary/aromatic N) is 5. The summed E-state index contributed by atoms with van der Waals surface area (Å²) in [5.74, 6) is -15.0. The zero-order valence-corrected chi connectivity index (χ0v) is 77.5. The van der Waals surface area contributed by atoms with Gasteiger partial charge in [-0.25, -0.2) is 0 Å². The number of aldehydes is 1. The number of halogens is 1. The van der Waals surface area contributed by atoms with Gasteiger partial charge in [0.05, 0.1) is 41.4 Å². The number of hydrogen-bond acceptors (Lipinski definition) is 20. The number of benzene rings is 6. The van der Waals surface area contributed by atoms with Crippen LogP contribution in [0.5, 0.6) is 11.5 Å². The highest BCUT2D eigenvalue weighted by Crippen LogP contribution is 2.26. The molecule has 6 aromatic carbocycles. The lowest BCUT2D eigenvalue weighted by atomic mass is 9.98. The molecule has 1 aromatic heterocycles. The van der Waals surface area contributed by atoms with Gasteiger partial charge in [-0.2, -0.15) is 0 Å². The summed E-state index contributed by atoms with van der Waals surface area (Å²) in [6, 6.07) is 28.4. The number of carbonyl (C=O) groups excluding carboxylic acids is 15. The minimum Gasteiger partial charge on any atom is -0.508 e. The van der Waals surface area contributed by atoms with Gasteiger partial charge in [0.25, 0.3) is 0 Å². The van der Waals surface area contributed by atoms with Crippen molar-refractivity contribution in [3.05, 3.63) is 201 Å². The van der Waals surface area contributed by atoms with E-state index in [4.69, 9.17) is 11.5 Å². The molecular weight excluding hydrogens is 1800 g/mol. The number of rotatable bonds is 51. The number of aromatic amines is 1. The van der Waals surface area contributed by atoms with Crippen LogP contribution in [0.15, 0.2) is 164 Å². The maximum absolute atomic E-state index is 15.5. The SMILES string of the molecule is CCCC[C@@H](C(=O)N(C)CC(=O)N[C@@H](CC(=O)O)C(=O)N[C@H](C(=O)N(C)[C@@H](Cc1ccccc1)C(=O)N[C@@H](Cc1ccc(O)c(I)c1)C(=O)N(C)CC=O)C(C)C)N(C)C(=O)[C@H](Cc1ccccc1)N(C)C(=O)[C@H](Cc1ccccc1)NC(=O)CSC[C@H](NC(=O)[C@H](CC(C)C)NC(=O)[C@H](Cc1ccc(O)cc1)NC(=O)[C@@H](N)Cc1c[nH]c2ccccc12)C(=O)NCC(N)=O. The number of aromatic hydroxyl groups is 2. The number of fused-ring (bicyclic) bond motifs is 1. The van der Waals surface area contributed by atoms with E-state index >= 15 is 9.59 Å². The van der Waals surface area contributed by atoms with Crippen molar-refractivity contribution >= 4 is 140 Å². The average Bonchev–Trinajstić information content (AvgIpc) is 1.07. The van der Waals surface area contributed by atoms with Crippen LogP contribution >= 0.6 is 34.4 Å². The van der Waals surface area contributed by atoms with Crippen molar-refractivity contribution in [2.75, 3.05) is 66.4 Å². The topological polar surface area (TPSA) is 514 Å². The fourth-order valence-corrected chi connectivity index (χ4v) is 16.0. The Kier molecular flexibility index (Phi) is 41.2. The number of nitrogens with one attached hydrogen (secondary N) is 9. The Balaban J connectivity index is 1.06. The van der Waals surface area contributed by atoms with Gasteiger partial charge in [0.2, 0.25) is 82.7 Å². The Bertz CT molecular complexity index is 5070. The molecule has 0 saturated carbocycles. The van der Waals surface area contributed by atoms with Gasteiger partial charge in [-0.1, -0.05) is 175 Å². The lowest BCUT2D eigenvalue weighted by Gasteiger charge is -2.37. The molecule has 0 aliphatic rings. The molecule has 0 spiro atoms. The lowest BCUT2D eigenvalue weighted by molar-refractivity contribution is -0.151. The van der Waals surface area contributed by atoms with Crippen molar-refractivity contribution < 1.29 is 92.0 Å². The number of carbonyl (C=O) groups is 16. The molecule has 0 aliphatic heterocycles. The number of primary amides is 1. The summed E-state index contributed by atoms with van der Waals surface area (Å²) in [7, 11) is 6.68. The number of hydrogen-bond donors (Lipinski definition) is 14. The Labute approximate surface area is 773 Å². The van der Waals surface area contributed by atoms with E-state index in [1.54, 1.807) is 149 Å². The third-order valence-electron chi connectivity index (χ3n) is 21.8. The van der Waals surface area contributed by atoms with Gasteiger partial charge in [0.1, 0.15) is 78.2 Å². The van der Waals surface area contributed by atoms with E-state index in [1.807, 2.05) is 53.8 Å². The van der Waals surface area contributed by atoms with Gasteiger partial charge in [-0.3, -0.25) is 71.9 Å². The Morgan fingerprint density at radius 3 is 1.59 bits per heavy atom. The minimum atomic E-state index is -1.88. The molecule has 11 atom stereocenters. The summed E-state index contributed by atoms with van der Waals surface area (Å²) >= 11 is 2.76. The highest BCUT2D eigenvalue weighted by atomic mass is 127. The third-order valence-corrected chi connectivity index (χ3v) is 23.7. The molecule has 1 heterocycles. The molecule has 14 amide bonds. The molecule has 0 saturated heterocycles. The number of nitrogens with two attached hydrogens (primary N) is 2. The molecule has 0 aliphatic carbocycles. The molecule has 0 bridgehead atoms. The van der Waals surface area contributed by atoms with Crippen LogP contribution in [-0.2, 0) is 115 Å². The standard InChI is InChI=1S/C93H119IN16O19S/c1-11-12-32-74(91(127)107(7)52-79(115)99-70(49-81(117)118)87(123)105-82(56(4)5)93(129)109(9)75(46-58-26-18-14-19-27-58)88(124)103-71(89(125)106(6)39-40-111)45-61-35-38-77(113)65(94)42-61)108(8)92(128)76(47-59-28-20-15-21-29-59)110(10)90(126)72(44-57-24-16-13-17-25-57)100-80(116)54-130-53-73(84(120)98-51-78(96)114)104-85(121)68(41-55(2)3)102-86(122)69(43-60-33-36-63(112)37-34-60)101-83(119)66(95)48-62-50-97-67-31-23-22-30-64(62)67/h13-31,33-38,40,42,50,55-56,66,68-76,82,97,112-113H,11-12,32,39,41,43-49,51-54,95H2,1-10H3,(H2,96,114)(H,98,120)(H,99,115)(H,100,116)(H,101,119)(H,102,122)(H,103,124)(H,104,121)(H,105,123)(H,117,118)/t66-,68-,69-,70-,71-,72-,73-,74-,75-,76-,82-/m0/s1. The largest absolute Gasteiger partial charge is 0.508 e. The first-order valence-electron chi connectivity index (χ1n) is 42.6. The number of carboxylic acids is 1. The number of phenols is 2. The number of phenolic OH excluding ortho intramolecular Hbond substituents is 2. The van der Waals surface area contributed by atoms with Gasteiger partial charge in [0, 0.05) is 90.2 Å². The zero-order valence-electron chi connectivity index (χ0n) is 74.5. The molecule has 37 heteroatoms. The third kappa shape index (κ3) is 32.2. The first-order chi connectivity index (χ1) is 61.8. The Hall–Kier alpha value is -12.8. The minimum absolute atomic E-state index is 0.00740. The van der Waals surface area contributed by atoms with Crippen LogP contribution in [0.25, 0.3) is 10.9 Å². The fraction of sp³-hybridized carbons (Fsp3) is 0.419. The molecule has 7 rings (SSSR count). The average molecular weight is 1920 g/mol. The van der Waals surface area contributed by atoms with Gasteiger partial charge in [0.15, 0.2) is 0 Å². The van der Waals surface area contributed by atoms with Crippen LogP contribution in [0.3, 0.4) is 0 Å². The summed E-state index contributed by atoms with van der Waals surface area (Å²) in [4.78, 5) is 235. The zero-order chi connectivity index (χ0) is 95.6. The predicted octanol–water partition coefficient (Wildman–Crippen LogP) is 2.96. The van der Waals surface area contributed by atoms with E-state index in [1.165, 1.54) is 63.2 Å². The molecule has 698 valence electrons. The van der Waals surface area contributed by atoms with Crippen LogP contribution < -0.4 is 54.0 Å². The lowest BCUT2D eigenvalue weighted by Crippen LogP contribution is -2.61. The fourth-order valence-electron chi connectivity index (χ4n) is 14.6. The molecule has 16 N–H and O–H groups in total. The number of thioether (sulfide) groups is 1. The van der Waals surface area contributed by atoms with Gasteiger partial charge in [-0.15, -0.1) is 11.8 Å². The van der Waals surface area contributed by atoms with Gasteiger partial charge in [-0.05, 0) is 117 Å². The Morgan fingerprint density at radius 2 is 1.01 bits per heavy atom. The second-order valence-corrected chi connectivity index (χ2v) is 35.1. The summed E-state index contributed by atoms with van der Waals surface area (Å²) in [6.45, 7) is 6.80. The maximum atomic E-state index is 15.5. The quantitative estimate of drug-likeness (QED) is 0.0192. The first-order valence-corrected chi connectivity index (χ1v) is 44.9. The molecule has 0 radical (unpaired) electrons. The van der Waals surface area contributed by atoms with E-state index in [9.17, 15) is 82.4 Å². The predicted molar refractivity (Wildman–Crippen MR) is 497 cm³/mol. The molecule has 35 nitrogen and oxygen atoms in total. The summed E-state index contributed by atoms with van der Waals surface area (Å²) in [5.41, 5.74) is 16.3. The van der Waals surface area contributed by atoms with Crippen molar-refractivity contribution in [2.24, 2.45) is 23.3 Å². The van der Waals surface area contributed by atoms with Crippen molar-refractivity contribution in [1.29, 1.82) is 0 Å². The number of para-hydroxylation sites is 1. The number of H-pyrrole nitrogens is 1. The highest BCUT2D eigenvalue weighted by Gasteiger charge is 2.42. The molecule has 7 aromatic rings. The van der Waals surface area contributed by atoms with Crippen molar-refractivity contribution in [1.82, 2.24) is 72.0 Å². The van der Waals surface area contributed by atoms with Gasteiger partial charge < -0.3 is 104 Å². The van der Waals surface area contributed by atoms with E-state index in [0.717, 1.165) is 42.9 Å². The Morgan fingerprint density at radius 1 is 0.500 bits per heavy atom. The van der Waals surface area contributed by atoms with Crippen molar-refractivity contribution in [3.63, 3.8) is 0 Å². The van der Waals surface area contributed by atoms with Gasteiger partial charge >= 0.3 is 5.97 Å². The maximum Gasteiger partial charge on any atom is 0.305 e. The number of carboxylic acid groups (broad SMARTS) is 1. The van der Waals surface area contributed by atoms with Crippen LogP contribution in [0, 0.1) is 15.4 Å². The van der Waals surface area contributed by atoms with E-state index in [0.29, 0.717) is 50.5 Å². The number of aliphatic carboxylic acids is 1. The number of likely N-dealkylation sites (N-methyl/N-ethyl adjacent to an activating group) is 5. The number of amides is 14. The second kappa shape index (κ2) is 51.4. The molecular formula is C93H119IN16O19S. The normalized spacial score (nSPS) is 13.7. The van der Waals surface area contributed by atoms with Crippen molar-refractivity contribution in [2.45, 2.75) is 172 Å². The van der Waals surface area contributed by atoms with E-state index in [2.05, 4.69) is 47.5 Å². The smallest absolute Gasteiger partial charge is 0.305 e. The van der Waals surface area contributed by atoms with Crippen LogP contribution in [0.2, 0.25) is 0 Å². The van der Waals surface area contributed by atoms with E-state index < -0.39 is 186 Å². The monoisotopic (exact) mass is 1920 g/mol. The first kappa shape index (κ1) is 104. The summed E-state index contributed by atoms with van der Waals surface area (Å²) in [6.07, 6.45) is 1.67. The number of aromatic nitrogens is 1. The van der Waals surface area contributed by atoms with Crippen LogP contribution in [0.4, 0.5) is 0 Å². The highest BCUT2D eigenvalue weighted by molar-refractivity contribution is 14.1. The van der Waals surface area contributed by atoms with Crippen molar-refractivity contribution in [3.8, 4) is 11.5 Å². The summed E-state index contributed by atoms with van der Waals surface area (Å²) in [5, 5.41) is 52.5. The number of unbranched alkanes of at least 4 members (excludes halogenated alkanes) is 1. The molecule has 0 unspecified atom stereocenters. The molecule has 130 heavy (non-hydrogen) atoms. The second-order valence-electron chi connectivity index (χ2n) is 32.9. The van der Waals surface area contributed by atoms with Crippen LogP contribution in [-0.4, -0.2) is 273 Å². The summed E-state index contributed by atoms with van der Waals surface area (Å²) < 4.78 is 0.459. The molecule has 0 fully saturated rings. The van der Waals surface area contributed by atoms with E-state index in [-0.39, 0.29) is 81.1 Å². The van der Waals surface area contributed by atoms with Crippen LogP contribution in [0.1, 0.15) is 100 Å².